The average molecular weight is 207 g/mol. The number of thiophene rings is 1. The molecule has 0 aliphatic heterocycles. The van der Waals surface area contributed by atoms with Gasteiger partial charge in [0.15, 0.2) is 0 Å². The Hall–Kier alpha value is -0.600. The molecule has 0 radical (unpaired) electrons. The molecule has 1 atom stereocenters. The second-order valence-corrected chi connectivity index (χ2v) is 4.50. The van der Waals surface area contributed by atoms with Gasteiger partial charge in [0.2, 0.25) is 0 Å². The van der Waals surface area contributed by atoms with Gasteiger partial charge in [-0.3, -0.25) is 0 Å². The van der Waals surface area contributed by atoms with E-state index in [2.05, 4.69) is 35.1 Å². The second-order valence-electron chi connectivity index (χ2n) is 3.72. The lowest BCUT2D eigenvalue weighted by molar-refractivity contribution is 0.607. The molecule has 1 aromatic rings. The second kappa shape index (κ2) is 4.76. The van der Waals surface area contributed by atoms with Gasteiger partial charge >= 0.3 is 0 Å². The third-order valence-corrected chi connectivity index (χ3v) is 3.43. The molecule has 1 nitrogen and oxygen atoms in total. The van der Waals surface area contributed by atoms with Crippen LogP contribution in [0.1, 0.15) is 37.8 Å². The van der Waals surface area contributed by atoms with E-state index < -0.39 is 0 Å². The van der Waals surface area contributed by atoms with Crippen LogP contribution in [-0.4, -0.2) is 6.54 Å². The number of hydrogen-bond acceptors (Lipinski definition) is 2. The van der Waals surface area contributed by atoms with Gasteiger partial charge in [-0.05, 0) is 48.2 Å². The van der Waals surface area contributed by atoms with Gasteiger partial charge in [-0.25, -0.2) is 0 Å². The first-order valence-electron chi connectivity index (χ1n) is 5.36. The molecule has 2 rings (SSSR count). The van der Waals surface area contributed by atoms with Crippen molar-refractivity contribution in [2.75, 3.05) is 6.54 Å². The van der Waals surface area contributed by atoms with Gasteiger partial charge in [-0.1, -0.05) is 18.6 Å². The van der Waals surface area contributed by atoms with Crippen molar-refractivity contribution in [3.8, 4) is 0 Å². The Morgan fingerprint density at radius 2 is 2.50 bits per heavy atom. The fourth-order valence-corrected chi connectivity index (χ4v) is 2.75. The minimum Gasteiger partial charge on any atom is -0.307 e. The fraction of sp³-hybridized carbons (Fsp3) is 0.500. The third kappa shape index (κ3) is 2.07. The van der Waals surface area contributed by atoms with Crippen LogP contribution < -0.4 is 5.32 Å². The van der Waals surface area contributed by atoms with E-state index in [0.717, 1.165) is 6.54 Å². The molecule has 0 saturated heterocycles. The largest absolute Gasteiger partial charge is 0.307 e. The molecule has 0 amide bonds. The molecule has 14 heavy (non-hydrogen) atoms. The zero-order valence-corrected chi connectivity index (χ0v) is 9.44. The summed E-state index contributed by atoms with van der Waals surface area (Å²) in [4.78, 5) is 0. The highest BCUT2D eigenvalue weighted by atomic mass is 32.1. The molecule has 76 valence electrons. The van der Waals surface area contributed by atoms with Crippen LogP contribution in [0.3, 0.4) is 0 Å². The summed E-state index contributed by atoms with van der Waals surface area (Å²) in [7, 11) is 0. The van der Waals surface area contributed by atoms with Crippen molar-refractivity contribution in [1.82, 2.24) is 5.32 Å². The quantitative estimate of drug-likeness (QED) is 0.745. The van der Waals surface area contributed by atoms with E-state index in [1.165, 1.54) is 24.8 Å². The molecule has 0 bridgehead atoms. The van der Waals surface area contributed by atoms with Crippen molar-refractivity contribution >= 4 is 11.3 Å². The van der Waals surface area contributed by atoms with E-state index in [4.69, 9.17) is 0 Å². The van der Waals surface area contributed by atoms with Gasteiger partial charge < -0.3 is 5.32 Å². The average Bonchev–Trinajstić information content (AvgIpc) is 2.87. The summed E-state index contributed by atoms with van der Waals surface area (Å²) in [5.41, 5.74) is 3.02. The number of hydrogen-bond donors (Lipinski definition) is 1. The Kier molecular flexibility index (Phi) is 3.38. The van der Waals surface area contributed by atoms with Crippen molar-refractivity contribution in [3.63, 3.8) is 0 Å². The monoisotopic (exact) mass is 207 g/mol. The number of nitrogens with one attached hydrogen (secondary N) is 1. The Bertz CT molecular complexity index is 300. The lowest BCUT2D eigenvalue weighted by atomic mass is 10.0. The standard InChI is InChI=1S/C12H17NS/c1-2-13-12(10-5-3-4-6-10)11-7-8-14-9-11/h5,7-9,12-13H,2-4,6H2,1H3. The van der Waals surface area contributed by atoms with Crippen LogP contribution in [-0.2, 0) is 0 Å². The smallest absolute Gasteiger partial charge is 0.0544 e. The predicted octanol–water partition coefficient (Wildman–Crippen LogP) is 3.51. The molecule has 1 aliphatic carbocycles. The maximum Gasteiger partial charge on any atom is 0.0544 e. The topological polar surface area (TPSA) is 12.0 Å². The van der Waals surface area contributed by atoms with Crippen LogP contribution in [0.5, 0.6) is 0 Å². The molecular weight excluding hydrogens is 190 g/mol. The van der Waals surface area contributed by atoms with Crippen LogP contribution in [0.25, 0.3) is 0 Å². The van der Waals surface area contributed by atoms with Gasteiger partial charge in [0.1, 0.15) is 0 Å². The zero-order chi connectivity index (χ0) is 9.80. The molecule has 1 aromatic heterocycles. The van der Waals surface area contributed by atoms with Gasteiger partial charge in [-0.2, -0.15) is 11.3 Å². The molecule has 1 unspecified atom stereocenters. The van der Waals surface area contributed by atoms with Crippen molar-refractivity contribution in [3.05, 3.63) is 34.0 Å². The molecule has 1 heterocycles. The number of rotatable bonds is 4. The lowest BCUT2D eigenvalue weighted by Gasteiger charge is -2.18. The highest BCUT2D eigenvalue weighted by Gasteiger charge is 2.17. The maximum atomic E-state index is 3.57. The van der Waals surface area contributed by atoms with Crippen LogP contribution in [0.4, 0.5) is 0 Å². The minimum absolute atomic E-state index is 0.480. The van der Waals surface area contributed by atoms with Gasteiger partial charge in [0.25, 0.3) is 0 Å². The van der Waals surface area contributed by atoms with E-state index in [9.17, 15) is 0 Å². The van der Waals surface area contributed by atoms with Gasteiger partial charge in [0.05, 0.1) is 6.04 Å². The summed E-state index contributed by atoms with van der Waals surface area (Å²) < 4.78 is 0. The molecule has 1 aliphatic rings. The van der Waals surface area contributed by atoms with E-state index in [0.29, 0.717) is 6.04 Å². The lowest BCUT2D eigenvalue weighted by Crippen LogP contribution is -2.21. The Morgan fingerprint density at radius 3 is 3.07 bits per heavy atom. The van der Waals surface area contributed by atoms with E-state index in [1.807, 2.05) is 0 Å². The van der Waals surface area contributed by atoms with Gasteiger partial charge in [-0.15, -0.1) is 0 Å². The van der Waals surface area contributed by atoms with E-state index in [1.54, 1.807) is 16.9 Å². The van der Waals surface area contributed by atoms with Gasteiger partial charge in [0, 0.05) is 0 Å². The highest BCUT2D eigenvalue weighted by molar-refractivity contribution is 7.08. The van der Waals surface area contributed by atoms with E-state index in [-0.39, 0.29) is 0 Å². The molecule has 1 N–H and O–H groups in total. The molecule has 0 aromatic carbocycles. The molecular formula is C12H17NS. The molecule has 0 spiro atoms. The normalized spacial score (nSPS) is 18.2. The van der Waals surface area contributed by atoms with Crippen LogP contribution in [0.15, 0.2) is 28.5 Å². The Morgan fingerprint density at radius 1 is 1.57 bits per heavy atom. The fourth-order valence-electron chi connectivity index (χ4n) is 2.06. The first-order chi connectivity index (χ1) is 6.92. The summed E-state index contributed by atoms with van der Waals surface area (Å²) in [6.07, 6.45) is 6.28. The highest BCUT2D eigenvalue weighted by Crippen LogP contribution is 2.31. The summed E-state index contributed by atoms with van der Waals surface area (Å²) in [6, 6.07) is 2.71. The Labute approximate surface area is 89.8 Å². The van der Waals surface area contributed by atoms with Crippen LogP contribution in [0, 0.1) is 0 Å². The molecule has 0 fully saturated rings. The number of likely N-dealkylation sites (N-methyl/N-ethyl adjacent to an activating group) is 1. The first-order valence-corrected chi connectivity index (χ1v) is 6.30. The van der Waals surface area contributed by atoms with E-state index >= 15 is 0 Å². The SMILES string of the molecule is CCNC(C1=CCCC1)c1ccsc1. The summed E-state index contributed by atoms with van der Waals surface area (Å²) in [5.74, 6) is 0. The van der Waals surface area contributed by atoms with Crippen molar-refractivity contribution in [2.24, 2.45) is 0 Å². The van der Waals surface area contributed by atoms with Crippen LogP contribution in [0.2, 0.25) is 0 Å². The Balaban J connectivity index is 2.15. The summed E-state index contributed by atoms with van der Waals surface area (Å²) >= 11 is 1.79. The van der Waals surface area contributed by atoms with Crippen molar-refractivity contribution in [2.45, 2.75) is 32.2 Å². The predicted molar refractivity (Wildman–Crippen MR) is 62.7 cm³/mol. The third-order valence-electron chi connectivity index (χ3n) is 2.73. The number of allylic oxidation sites excluding steroid dienone is 1. The summed E-state index contributed by atoms with van der Waals surface area (Å²) in [6.45, 7) is 3.22. The summed E-state index contributed by atoms with van der Waals surface area (Å²) in [5, 5.41) is 7.98. The molecule has 2 heteroatoms. The van der Waals surface area contributed by atoms with Crippen molar-refractivity contribution in [1.29, 1.82) is 0 Å². The maximum absolute atomic E-state index is 3.57. The zero-order valence-electron chi connectivity index (χ0n) is 8.62. The van der Waals surface area contributed by atoms with Crippen LogP contribution >= 0.6 is 11.3 Å². The van der Waals surface area contributed by atoms with Crippen molar-refractivity contribution < 1.29 is 0 Å². The minimum atomic E-state index is 0.480. The first kappa shape index (κ1) is 9.94. The molecule has 0 saturated carbocycles.